The molecule has 6 nitrogen and oxygen atoms in total. The molecule has 8 heteroatoms. The van der Waals surface area contributed by atoms with Gasteiger partial charge in [0.15, 0.2) is 0 Å². The lowest BCUT2D eigenvalue weighted by Gasteiger charge is -2.26. The SMILES string of the molecule is Cl.NC1(C(=O)NCc2cccc(S(=O)(=O)N3CCCCC3)c2)CC1. The topological polar surface area (TPSA) is 92.5 Å². The maximum absolute atomic E-state index is 12.7. The highest BCUT2D eigenvalue weighted by Crippen LogP contribution is 2.32. The number of hydrogen-bond acceptors (Lipinski definition) is 4. The van der Waals surface area contributed by atoms with E-state index in [1.165, 1.54) is 0 Å². The molecule has 1 saturated carbocycles. The van der Waals surface area contributed by atoms with Gasteiger partial charge in [0.1, 0.15) is 0 Å². The van der Waals surface area contributed by atoms with Crippen LogP contribution in [0.2, 0.25) is 0 Å². The van der Waals surface area contributed by atoms with Crippen molar-refractivity contribution >= 4 is 28.3 Å². The van der Waals surface area contributed by atoms with E-state index >= 15 is 0 Å². The van der Waals surface area contributed by atoms with Crippen molar-refractivity contribution in [1.82, 2.24) is 9.62 Å². The van der Waals surface area contributed by atoms with E-state index < -0.39 is 15.6 Å². The van der Waals surface area contributed by atoms with Gasteiger partial charge in [-0.05, 0) is 43.4 Å². The van der Waals surface area contributed by atoms with Gasteiger partial charge < -0.3 is 11.1 Å². The maximum Gasteiger partial charge on any atom is 0.243 e. The molecule has 24 heavy (non-hydrogen) atoms. The Morgan fingerprint density at radius 1 is 1.21 bits per heavy atom. The number of piperidine rings is 1. The zero-order valence-electron chi connectivity index (χ0n) is 13.5. The van der Waals surface area contributed by atoms with Crippen molar-refractivity contribution in [2.75, 3.05) is 13.1 Å². The highest BCUT2D eigenvalue weighted by atomic mass is 35.5. The molecule has 1 aliphatic carbocycles. The lowest BCUT2D eigenvalue weighted by atomic mass is 10.2. The fourth-order valence-corrected chi connectivity index (χ4v) is 4.38. The Balaban J connectivity index is 0.00000208. The molecule has 3 N–H and O–H groups in total. The van der Waals surface area contributed by atoms with Gasteiger partial charge >= 0.3 is 0 Å². The van der Waals surface area contributed by atoms with Crippen LogP contribution in [-0.2, 0) is 21.4 Å². The van der Waals surface area contributed by atoms with E-state index in [1.807, 2.05) is 6.07 Å². The molecule has 1 aromatic carbocycles. The van der Waals surface area contributed by atoms with Crippen molar-refractivity contribution < 1.29 is 13.2 Å². The van der Waals surface area contributed by atoms with Crippen molar-refractivity contribution in [3.05, 3.63) is 29.8 Å². The zero-order valence-corrected chi connectivity index (χ0v) is 15.2. The van der Waals surface area contributed by atoms with Crippen LogP contribution in [0, 0.1) is 0 Å². The lowest BCUT2D eigenvalue weighted by Crippen LogP contribution is -2.42. The van der Waals surface area contributed by atoms with Crippen LogP contribution < -0.4 is 11.1 Å². The van der Waals surface area contributed by atoms with Crippen LogP contribution in [0.1, 0.15) is 37.7 Å². The third kappa shape index (κ3) is 4.08. The van der Waals surface area contributed by atoms with Gasteiger partial charge in [0.2, 0.25) is 15.9 Å². The molecule has 0 unspecified atom stereocenters. The normalized spacial score (nSPS) is 20.0. The van der Waals surface area contributed by atoms with Crippen LogP contribution in [0.3, 0.4) is 0 Å². The average molecular weight is 374 g/mol. The maximum atomic E-state index is 12.7. The minimum atomic E-state index is -3.44. The van der Waals surface area contributed by atoms with Crippen molar-refractivity contribution in [1.29, 1.82) is 0 Å². The molecule has 1 amide bonds. The molecule has 1 aliphatic heterocycles. The van der Waals surface area contributed by atoms with Crippen LogP contribution in [0.25, 0.3) is 0 Å². The monoisotopic (exact) mass is 373 g/mol. The van der Waals surface area contributed by atoms with Gasteiger partial charge in [-0.2, -0.15) is 4.31 Å². The Morgan fingerprint density at radius 3 is 2.50 bits per heavy atom. The van der Waals surface area contributed by atoms with Crippen LogP contribution in [-0.4, -0.2) is 37.3 Å². The van der Waals surface area contributed by atoms with Gasteiger partial charge in [0.25, 0.3) is 0 Å². The molecule has 0 bridgehead atoms. The molecule has 0 aromatic heterocycles. The molecule has 3 rings (SSSR count). The lowest BCUT2D eigenvalue weighted by molar-refractivity contribution is -0.123. The molecule has 0 radical (unpaired) electrons. The first-order valence-corrected chi connectivity index (χ1v) is 9.52. The molecular weight excluding hydrogens is 350 g/mol. The summed E-state index contributed by atoms with van der Waals surface area (Å²) in [5.74, 6) is -0.165. The van der Waals surface area contributed by atoms with Crippen LogP contribution in [0.5, 0.6) is 0 Å². The van der Waals surface area contributed by atoms with Gasteiger partial charge in [-0.25, -0.2) is 8.42 Å². The number of nitrogens with one attached hydrogen (secondary N) is 1. The van der Waals surface area contributed by atoms with E-state index in [2.05, 4.69) is 5.32 Å². The number of rotatable bonds is 5. The number of nitrogens with two attached hydrogens (primary N) is 1. The number of benzene rings is 1. The number of sulfonamides is 1. The van der Waals surface area contributed by atoms with Crippen molar-refractivity contribution in [3.63, 3.8) is 0 Å². The fourth-order valence-electron chi connectivity index (χ4n) is 2.79. The van der Waals surface area contributed by atoms with Crippen molar-refractivity contribution in [2.45, 2.75) is 49.1 Å². The molecule has 0 spiro atoms. The molecular formula is C16H24ClN3O3S. The molecule has 0 atom stereocenters. The van der Waals surface area contributed by atoms with E-state index in [0.29, 0.717) is 37.4 Å². The average Bonchev–Trinajstić information content (AvgIpc) is 3.33. The summed E-state index contributed by atoms with van der Waals surface area (Å²) in [7, 11) is -3.44. The Kier molecular flexibility index (Phi) is 5.91. The third-order valence-corrected chi connectivity index (χ3v) is 6.44. The second-order valence-corrected chi connectivity index (χ2v) is 8.39. The van der Waals surface area contributed by atoms with Crippen LogP contribution >= 0.6 is 12.4 Å². The predicted molar refractivity (Wildman–Crippen MR) is 94.3 cm³/mol. The van der Waals surface area contributed by atoms with E-state index in [0.717, 1.165) is 24.8 Å². The first kappa shape index (κ1) is 19.2. The van der Waals surface area contributed by atoms with E-state index in [9.17, 15) is 13.2 Å². The second kappa shape index (κ2) is 7.39. The van der Waals surface area contributed by atoms with Gasteiger partial charge in [0.05, 0.1) is 10.4 Å². The summed E-state index contributed by atoms with van der Waals surface area (Å²) >= 11 is 0. The number of amides is 1. The number of halogens is 1. The third-order valence-electron chi connectivity index (χ3n) is 4.55. The first-order chi connectivity index (χ1) is 10.9. The number of carbonyl (C=O) groups excluding carboxylic acids is 1. The smallest absolute Gasteiger partial charge is 0.243 e. The van der Waals surface area contributed by atoms with Crippen molar-refractivity contribution in [2.24, 2.45) is 5.73 Å². The Bertz CT molecular complexity index is 698. The van der Waals surface area contributed by atoms with Gasteiger partial charge in [-0.15, -0.1) is 12.4 Å². The van der Waals surface area contributed by atoms with E-state index in [1.54, 1.807) is 22.5 Å². The van der Waals surface area contributed by atoms with Crippen molar-refractivity contribution in [3.8, 4) is 0 Å². The first-order valence-electron chi connectivity index (χ1n) is 8.08. The number of carbonyl (C=O) groups is 1. The summed E-state index contributed by atoms with van der Waals surface area (Å²) in [4.78, 5) is 12.2. The molecule has 134 valence electrons. The molecule has 1 heterocycles. The summed E-state index contributed by atoms with van der Waals surface area (Å²) in [5, 5.41) is 2.79. The highest BCUT2D eigenvalue weighted by molar-refractivity contribution is 7.89. The van der Waals surface area contributed by atoms with E-state index in [4.69, 9.17) is 5.73 Å². The van der Waals surface area contributed by atoms with Gasteiger partial charge in [-0.3, -0.25) is 4.79 Å². The number of nitrogens with zero attached hydrogens (tertiary/aromatic N) is 1. The van der Waals surface area contributed by atoms with Gasteiger partial charge in [0, 0.05) is 19.6 Å². The quantitative estimate of drug-likeness (QED) is 0.815. The van der Waals surface area contributed by atoms with Crippen LogP contribution in [0.15, 0.2) is 29.2 Å². The summed E-state index contributed by atoms with van der Waals surface area (Å²) in [6.45, 7) is 1.46. The Hall–Kier alpha value is -1.15. The standard InChI is InChI=1S/C16H23N3O3S.ClH/c17-16(7-8-16)15(20)18-12-13-5-4-6-14(11-13)23(21,22)19-9-2-1-3-10-19;/h4-6,11H,1-3,7-10,12,17H2,(H,18,20);1H. The fraction of sp³-hybridized carbons (Fsp3) is 0.562. The summed E-state index contributed by atoms with van der Waals surface area (Å²) in [6.07, 6.45) is 4.32. The molecule has 1 aromatic rings. The predicted octanol–water partition coefficient (Wildman–Crippen LogP) is 1.39. The van der Waals surface area contributed by atoms with E-state index in [-0.39, 0.29) is 18.3 Å². The zero-order chi connectivity index (χ0) is 16.5. The largest absolute Gasteiger partial charge is 0.350 e. The molecule has 1 saturated heterocycles. The molecule has 2 fully saturated rings. The minimum Gasteiger partial charge on any atom is -0.350 e. The Labute approximate surface area is 149 Å². The van der Waals surface area contributed by atoms with Gasteiger partial charge in [-0.1, -0.05) is 18.6 Å². The minimum absolute atomic E-state index is 0. The summed E-state index contributed by atoms with van der Waals surface area (Å²) in [6, 6.07) is 6.78. The number of hydrogen-bond donors (Lipinski definition) is 2. The second-order valence-electron chi connectivity index (χ2n) is 6.45. The Morgan fingerprint density at radius 2 is 1.88 bits per heavy atom. The highest BCUT2D eigenvalue weighted by Gasteiger charge is 2.45. The summed E-state index contributed by atoms with van der Waals surface area (Å²) in [5.41, 5.74) is 5.89. The van der Waals surface area contributed by atoms with Crippen LogP contribution in [0.4, 0.5) is 0 Å². The molecule has 2 aliphatic rings. The summed E-state index contributed by atoms with van der Waals surface area (Å²) < 4.78 is 26.9.